The third-order valence-corrected chi connectivity index (χ3v) is 7.17. The largest absolute Gasteiger partial charge is 0.497 e. The van der Waals surface area contributed by atoms with E-state index in [1.54, 1.807) is 7.11 Å². The van der Waals surface area contributed by atoms with Crippen molar-refractivity contribution in [3.8, 4) is 5.75 Å². The zero-order valence-electron chi connectivity index (χ0n) is 19.8. The van der Waals surface area contributed by atoms with E-state index in [1.807, 2.05) is 12.1 Å². The smallest absolute Gasteiger partial charge is 0.225 e. The van der Waals surface area contributed by atoms with Gasteiger partial charge in [-0.15, -0.1) is 0 Å². The minimum absolute atomic E-state index is 0.0515. The van der Waals surface area contributed by atoms with Crippen molar-refractivity contribution < 1.29 is 9.53 Å². The third kappa shape index (κ3) is 4.95. The van der Waals surface area contributed by atoms with Crippen molar-refractivity contribution in [2.45, 2.75) is 25.4 Å². The number of hydrogen-bond acceptors (Lipinski definition) is 4. The summed E-state index contributed by atoms with van der Waals surface area (Å²) >= 11 is 0. The number of piperazine rings is 1. The van der Waals surface area contributed by atoms with E-state index in [0.29, 0.717) is 6.54 Å². The molecule has 3 aromatic carbocycles. The SMILES string of the molecule is COc1ccc(CCNC(=O)[C@@H]2Cc3ccccc3N3CCN(Cc4ccccc4)C[C@@H]23)cc1. The van der Waals surface area contributed by atoms with E-state index in [2.05, 4.69) is 81.8 Å². The van der Waals surface area contributed by atoms with Crippen molar-refractivity contribution >= 4 is 11.6 Å². The molecule has 0 bridgehead atoms. The highest BCUT2D eigenvalue weighted by atomic mass is 16.5. The van der Waals surface area contributed by atoms with Gasteiger partial charge in [0.15, 0.2) is 0 Å². The molecule has 0 aromatic heterocycles. The number of benzene rings is 3. The lowest BCUT2D eigenvalue weighted by Gasteiger charge is -2.49. The zero-order valence-corrected chi connectivity index (χ0v) is 19.8. The van der Waals surface area contributed by atoms with Crippen molar-refractivity contribution in [2.24, 2.45) is 5.92 Å². The van der Waals surface area contributed by atoms with Crippen LogP contribution in [0.4, 0.5) is 5.69 Å². The minimum atomic E-state index is -0.0515. The van der Waals surface area contributed by atoms with Crippen molar-refractivity contribution in [1.29, 1.82) is 0 Å². The van der Waals surface area contributed by atoms with E-state index in [0.717, 1.165) is 44.8 Å². The maximum Gasteiger partial charge on any atom is 0.225 e. The lowest BCUT2D eigenvalue weighted by molar-refractivity contribution is -0.126. The Kier molecular flexibility index (Phi) is 6.82. The van der Waals surface area contributed by atoms with Gasteiger partial charge in [0.05, 0.1) is 19.1 Å². The maximum absolute atomic E-state index is 13.4. The first kappa shape index (κ1) is 22.5. The summed E-state index contributed by atoms with van der Waals surface area (Å²) in [6.07, 6.45) is 1.61. The van der Waals surface area contributed by atoms with Gasteiger partial charge in [-0.1, -0.05) is 60.7 Å². The Balaban J connectivity index is 1.27. The van der Waals surface area contributed by atoms with Crippen LogP contribution < -0.4 is 15.0 Å². The molecule has 0 saturated carbocycles. The summed E-state index contributed by atoms with van der Waals surface area (Å²) < 4.78 is 5.24. The molecule has 2 heterocycles. The second-order valence-corrected chi connectivity index (χ2v) is 9.31. The van der Waals surface area contributed by atoms with Gasteiger partial charge in [0.2, 0.25) is 5.91 Å². The number of carbonyl (C=O) groups excluding carboxylic acids is 1. The average molecular weight is 456 g/mol. The molecule has 2 aliphatic rings. The number of rotatable bonds is 7. The molecular weight excluding hydrogens is 422 g/mol. The highest BCUT2D eigenvalue weighted by Gasteiger charge is 2.41. The molecule has 0 radical (unpaired) electrons. The zero-order chi connectivity index (χ0) is 23.3. The van der Waals surface area contributed by atoms with E-state index in [-0.39, 0.29) is 17.9 Å². The van der Waals surface area contributed by atoms with Crippen molar-refractivity contribution in [1.82, 2.24) is 10.2 Å². The van der Waals surface area contributed by atoms with Gasteiger partial charge in [0, 0.05) is 38.4 Å². The van der Waals surface area contributed by atoms with Crippen LogP contribution in [0.2, 0.25) is 0 Å². The number of anilines is 1. The fraction of sp³-hybridized carbons (Fsp3) is 0.345. The number of para-hydroxylation sites is 1. The molecule has 0 spiro atoms. The number of hydrogen-bond donors (Lipinski definition) is 1. The number of amides is 1. The van der Waals surface area contributed by atoms with Crippen LogP contribution in [0.15, 0.2) is 78.9 Å². The quantitative estimate of drug-likeness (QED) is 0.587. The summed E-state index contributed by atoms with van der Waals surface area (Å²) in [6.45, 7) is 4.43. The van der Waals surface area contributed by atoms with E-state index >= 15 is 0 Å². The first-order valence-electron chi connectivity index (χ1n) is 12.2. The second kappa shape index (κ2) is 10.3. The molecule has 5 nitrogen and oxygen atoms in total. The molecule has 1 N–H and O–H groups in total. The Bertz CT molecular complexity index is 1100. The van der Waals surface area contributed by atoms with E-state index in [9.17, 15) is 4.79 Å². The Hall–Kier alpha value is -3.31. The summed E-state index contributed by atoms with van der Waals surface area (Å²) in [6, 6.07) is 27.5. The number of ether oxygens (including phenoxy) is 1. The van der Waals surface area contributed by atoms with Crippen molar-refractivity contribution in [3.05, 3.63) is 95.6 Å². The number of fused-ring (bicyclic) bond motifs is 3. The van der Waals surface area contributed by atoms with E-state index in [4.69, 9.17) is 4.74 Å². The Morgan fingerprint density at radius 2 is 1.71 bits per heavy atom. The number of methoxy groups -OCH3 is 1. The number of carbonyl (C=O) groups is 1. The highest BCUT2D eigenvalue weighted by Crippen LogP contribution is 2.36. The van der Waals surface area contributed by atoms with Crippen LogP contribution in [-0.4, -0.2) is 50.1 Å². The van der Waals surface area contributed by atoms with Gasteiger partial charge < -0.3 is 15.0 Å². The van der Waals surface area contributed by atoms with Crippen LogP contribution >= 0.6 is 0 Å². The fourth-order valence-corrected chi connectivity index (χ4v) is 5.36. The van der Waals surface area contributed by atoms with E-state index in [1.165, 1.54) is 22.4 Å². The van der Waals surface area contributed by atoms with Crippen LogP contribution in [0, 0.1) is 5.92 Å². The predicted octanol–water partition coefficient (Wildman–Crippen LogP) is 3.92. The predicted molar refractivity (Wildman–Crippen MR) is 136 cm³/mol. The van der Waals surface area contributed by atoms with Gasteiger partial charge in [0.1, 0.15) is 5.75 Å². The van der Waals surface area contributed by atoms with Gasteiger partial charge in [-0.3, -0.25) is 9.69 Å². The van der Waals surface area contributed by atoms with Crippen molar-refractivity contribution in [2.75, 3.05) is 38.2 Å². The average Bonchev–Trinajstić information content (AvgIpc) is 2.89. The minimum Gasteiger partial charge on any atom is -0.497 e. The summed E-state index contributed by atoms with van der Waals surface area (Å²) in [5, 5.41) is 3.24. The maximum atomic E-state index is 13.4. The molecular formula is C29H33N3O2. The van der Waals surface area contributed by atoms with Crippen LogP contribution in [0.1, 0.15) is 16.7 Å². The van der Waals surface area contributed by atoms with Gasteiger partial charge in [-0.05, 0) is 47.7 Å². The van der Waals surface area contributed by atoms with Crippen LogP contribution in [0.25, 0.3) is 0 Å². The van der Waals surface area contributed by atoms with Gasteiger partial charge in [-0.2, -0.15) is 0 Å². The molecule has 3 aromatic rings. The molecule has 1 fully saturated rings. The molecule has 2 aliphatic heterocycles. The lowest BCUT2D eigenvalue weighted by atomic mass is 9.83. The standard InChI is InChI=1S/C29H33N3O2/c1-34-25-13-11-22(12-14-25)15-16-30-29(33)26-19-24-9-5-6-10-27(24)32-18-17-31(21-28(26)32)20-23-7-3-2-4-8-23/h2-14,26,28H,15-21H2,1H3,(H,30,33)/t26-,28+/m1/s1. The van der Waals surface area contributed by atoms with E-state index < -0.39 is 0 Å². The second-order valence-electron chi connectivity index (χ2n) is 9.31. The normalized spacial score (nSPS) is 19.7. The monoisotopic (exact) mass is 455 g/mol. The Morgan fingerprint density at radius 1 is 0.941 bits per heavy atom. The van der Waals surface area contributed by atoms with Gasteiger partial charge in [-0.25, -0.2) is 0 Å². The molecule has 1 amide bonds. The fourth-order valence-electron chi connectivity index (χ4n) is 5.36. The third-order valence-electron chi connectivity index (χ3n) is 7.17. The van der Waals surface area contributed by atoms with Crippen molar-refractivity contribution in [3.63, 3.8) is 0 Å². The van der Waals surface area contributed by atoms with Gasteiger partial charge in [0.25, 0.3) is 0 Å². The first-order valence-corrected chi connectivity index (χ1v) is 12.2. The molecule has 0 unspecified atom stereocenters. The molecule has 34 heavy (non-hydrogen) atoms. The van der Waals surface area contributed by atoms with Gasteiger partial charge >= 0.3 is 0 Å². The summed E-state index contributed by atoms with van der Waals surface area (Å²) in [5.41, 5.74) is 5.11. The number of nitrogens with one attached hydrogen (secondary N) is 1. The lowest BCUT2D eigenvalue weighted by Crippen LogP contribution is -2.61. The van der Waals surface area contributed by atoms with Crippen LogP contribution in [-0.2, 0) is 24.2 Å². The Morgan fingerprint density at radius 3 is 2.50 bits per heavy atom. The summed E-state index contributed by atoms with van der Waals surface area (Å²) in [4.78, 5) is 18.4. The molecule has 5 rings (SSSR count). The molecule has 5 heteroatoms. The highest BCUT2D eigenvalue weighted by molar-refractivity contribution is 5.82. The summed E-state index contributed by atoms with van der Waals surface area (Å²) in [7, 11) is 1.67. The molecule has 176 valence electrons. The van der Waals surface area contributed by atoms with Crippen LogP contribution in [0.3, 0.4) is 0 Å². The Labute approximate surface area is 202 Å². The topological polar surface area (TPSA) is 44.8 Å². The summed E-state index contributed by atoms with van der Waals surface area (Å²) in [5.74, 6) is 0.968. The molecule has 0 aliphatic carbocycles. The molecule has 2 atom stereocenters. The first-order chi connectivity index (χ1) is 16.7. The molecule has 1 saturated heterocycles. The van der Waals surface area contributed by atoms with Crippen LogP contribution in [0.5, 0.6) is 5.75 Å². The number of nitrogens with zero attached hydrogens (tertiary/aromatic N) is 2.